The summed E-state index contributed by atoms with van der Waals surface area (Å²) in [5.41, 5.74) is 12.4. The van der Waals surface area contributed by atoms with Crippen LogP contribution in [-0.4, -0.2) is 258 Å². The van der Waals surface area contributed by atoms with Crippen molar-refractivity contribution in [1.82, 2.24) is 47.1 Å². The Labute approximate surface area is 567 Å². The average molecular weight is 1410 g/mol. The highest BCUT2D eigenvalue weighted by Crippen LogP contribution is 2.37. The molecule has 0 radical (unpaired) electrons. The molecule has 0 aliphatic carbocycles. The number of aromatic nitrogens is 1. The molecule has 0 spiro atoms. The zero-order valence-electron chi connectivity index (χ0n) is 55.1. The summed E-state index contributed by atoms with van der Waals surface area (Å²) in [5, 5.41) is 70.5. The number of thioether (sulfide) groups is 1. The van der Waals surface area contributed by atoms with Gasteiger partial charge in [0.1, 0.15) is 28.9 Å². The van der Waals surface area contributed by atoms with Crippen LogP contribution in [0.15, 0.2) is 29.1 Å². The zero-order valence-corrected chi connectivity index (χ0v) is 56.7. The van der Waals surface area contributed by atoms with E-state index in [9.17, 15) is 73.2 Å². The topological polar surface area (TPSA) is 507 Å². The number of rotatable bonds is 33. The number of carboxylic acids is 1. The smallest absolute Gasteiger partial charge is 0.306 e. The predicted molar refractivity (Wildman–Crippen MR) is 350 cm³/mol. The Hall–Kier alpha value is -7.35. The van der Waals surface area contributed by atoms with Crippen LogP contribution in [0.1, 0.15) is 77.3 Å². The van der Waals surface area contributed by atoms with E-state index in [1.54, 1.807) is 13.8 Å². The molecule has 3 aliphatic heterocycles. The van der Waals surface area contributed by atoms with Crippen LogP contribution in [0.3, 0.4) is 0 Å². The van der Waals surface area contributed by atoms with Gasteiger partial charge < -0.3 is 108 Å². The summed E-state index contributed by atoms with van der Waals surface area (Å²) in [6.07, 6.45) is -4.14. The Morgan fingerprint density at radius 1 is 0.825 bits per heavy atom. The first-order valence-electron chi connectivity index (χ1n) is 32.2. The van der Waals surface area contributed by atoms with Crippen molar-refractivity contribution in [2.45, 2.75) is 120 Å². The summed E-state index contributed by atoms with van der Waals surface area (Å²) >= 11 is 1.35. The number of ether oxygens (including phenoxy) is 5. The molecule has 3 aliphatic rings. The molecule has 35 heteroatoms. The number of Topliss-reactive ketones (excluding diaryl/α,β-unsaturated/α-hetero) is 2. The normalized spacial score (nSPS) is 23.4. The van der Waals surface area contributed by atoms with Crippen molar-refractivity contribution >= 4 is 98.3 Å². The number of primary amides is 1. The second kappa shape index (κ2) is 41.1. The minimum atomic E-state index is -2.45. The number of benzene rings is 1. The average Bonchev–Trinajstić information content (AvgIpc) is 1.63. The number of aliphatic carboxylic acids is 1. The van der Waals surface area contributed by atoms with Gasteiger partial charge in [0, 0.05) is 90.9 Å². The van der Waals surface area contributed by atoms with Gasteiger partial charge in [-0.05, 0) is 30.0 Å². The van der Waals surface area contributed by atoms with Crippen LogP contribution in [0.5, 0.6) is 5.75 Å². The van der Waals surface area contributed by atoms with Gasteiger partial charge in [-0.15, -0.1) is 0 Å². The zero-order chi connectivity index (χ0) is 71.3. The van der Waals surface area contributed by atoms with Crippen molar-refractivity contribution in [2.24, 2.45) is 41.1 Å². The summed E-state index contributed by atoms with van der Waals surface area (Å²) in [7, 11) is -2.45. The number of hydrogen-bond acceptors (Lipinski definition) is 24. The van der Waals surface area contributed by atoms with Gasteiger partial charge in [0.2, 0.25) is 47.3 Å². The van der Waals surface area contributed by atoms with Crippen molar-refractivity contribution in [3.05, 3.63) is 35.2 Å². The lowest BCUT2D eigenvalue weighted by atomic mass is 9.85. The van der Waals surface area contributed by atoms with E-state index in [2.05, 4.69) is 42.2 Å². The number of hydrogen-bond donors (Lipinski definition) is 15. The highest BCUT2D eigenvalue weighted by molar-refractivity contribution is 7.98. The van der Waals surface area contributed by atoms with E-state index in [0.717, 1.165) is 4.90 Å². The van der Waals surface area contributed by atoms with Gasteiger partial charge in [0.25, 0.3) is 0 Å². The molecule has 2 aromatic rings. The second-order valence-electron chi connectivity index (χ2n) is 24.0. The highest BCUT2D eigenvalue weighted by atomic mass is 32.2. The van der Waals surface area contributed by atoms with E-state index in [4.69, 9.17) is 40.3 Å². The van der Waals surface area contributed by atoms with E-state index in [1.165, 1.54) is 43.9 Å². The Bertz CT molecular complexity index is 3100. The van der Waals surface area contributed by atoms with Crippen molar-refractivity contribution < 1.29 is 106 Å². The maximum absolute atomic E-state index is 15.2. The molecule has 542 valence electrons. The molecule has 0 saturated carbocycles. The number of aliphatic hydroxyl groups is 3. The predicted octanol–water partition coefficient (Wildman–Crippen LogP) is -3.81. The van der Waals surface area contributed by atoms with Gasteiger partial charge in [-0.25, -0.2) is 0 Å². The molecule has 1 aromatic heterocycles. The SMILES string of the molecule is CC[C@H](C)[C@@H]1CC(=O)CNC(=O)[C@H]2CC(=O)[C@H]([C@@H](C)[C@@H](O)CO)NC(=O)[C@@H]3C[C@@H](O)CN3C(=O)[C@H](CC(N)=O)NC(=O)C(CS(=O)c3[nH]c4c(CSCCOCCOCCOCCOCCOCCN/C=C(\N)CNC(=O)CC(C)C(=O)O)c(O)ccc4c3C2)NC(=O)CNC1=O. The standard InChI is InChI=1S/C62H95N11O22S2/c1-5-34(2)42-23-39(75)28-67-56(83)37-21-43-41-6-7-48(77)44(32-96-19-18-95-17-16-94-15-14-93-13-12-92-11-10-91-9-8-65-26-38(63)27-66-52(81)20-35(3)62(88)89)55(41)72-60(43)97(90)33-46(69-53(82)29-68-57(42)84)58(85)70-45(25-51(64)80)61(87)73-30-40(76)24-47(73)59(86)71-54(49(78)22-37)36(4)50(79)31-74/h6-7,26,34-37,40,42,45-47,50,54,65,72,74,76-77,79H,5,8-25,27-33,63H2,1-4H3,(H2,64,80)(H,66,81)(H,67,83)(H,68,84)(H,69,82)(H,70,85)(H,71,86)(H,88,89)/b38-26-/t34-,35?,36-,37+,40+,42-,45-,46?,47-,50-,54-,97?/m0/s1. The maximum atomic E-state index is 15.2. The van der Waals surface area contributed by atoms with Gasteiger partial charge >= 0.3 is 5.97 Å². The lowest BCUT2D eigenvalue weighted by molar-refractivity contribution is -0.144. The molecular formula is C62H95N11O22S2. The number of carbonyl (C=O) groups excluding carboxylic acids is 10. The van der Waals surface area contributed by atoms with Crippen LogP contribution in [0.25, 0.3) is 10.9 Å². The van der Waals surface area contributed by atoms with Crippen LogP contribution in [0.4, 0.5) is 0 Å². The number of carboxylic acid groups (broad SMARTS) is 1. The number of ketones is 2. The second-order valence-corrected chi connectivity index (χ2v) is 26.6. The third-order valence-electron chi connectivity index (χ3n) is 16.6. The number of fused-ring (bicyclic) bond motifs is 5. The molecule has 97 heavy (non-hydrogen) atoms. The number of amides is 8. The Kier molecular flexibility index (Phi) is 34.1. The fraction of sp³-hybridized carbons (Fsp3) is 0.661. The van der Waals surface area contributed by atoms with E-state index in [0.29, 0.717) is 69.6 Å². The lowest BCUT2D eigenvalue weighted by Crippen LogP contribution is -2.60. The van der Waals surface area contributed by atoms with E-state index in [1.807, 2.05) is 0 Å². The van der Waals surface area contributed by atoms with Crippen molar-refractivity contribution in [2.75, 3.05) is 117 Å². The third kappa shape index (κ3) is 25.8. The van der Waals surface area contributed by atoms with Crippen LogP contribution in [-0.2, 0) is 99.4 Å². The Balaban J connectivity index is 1.30. The number of aliphatic hydroxyl groups excluding tert-OH is 3. The number of H-pyrrole nitrogens is 1. The molecular weight excluding hydrogens is 1310 g/mol. The van der Waals surface area contributed by atoms with Gasteiger partial charge in [-0.1, -0.05) is 34.1 Å². The number of nitrogens with two attached hydrogens (primary N) is 2. The van der Waals surface area contributed by atoms with Crippen LogP contribution in [0.2, 0.25) is 0 Å². The lowest BCUT2D eigenvalue weighted by Gasteiger charge is -2.32. The summed E-state index contributed by atoms with van der Waals surface area (Å²) in [4.78, 5) is 154. The minimum Gasteiger partial charge on any atom is -0.508 e. The first kappa shape index (κ1) is 80.3. The van der Waals surface area contributed by atoms with Crippen LogP contribution < -0.4 is 48.7 Å². The number of phenolic OH excluding ortho intramolecular Hbond substituents is 1. The maximum Gasteiger partial charge on any atom is 0.306 e. The molecule has 1 aromatic carbocycles. The molecule has 8 amide bonds. The number of aromatic amines is 1. The monoisotopic (exact) mass is 1410 g/mol. The number of aromatic hydroxyl groups is 1. The van der Waals surface area contributed by atoms with Crippen LogP contribution >= 0.6 is 11.8 Å². The quantitative estimate of drug-likeness (QED) is 0.0305. The number of carbonyl (C=O) groups is 11. The van der Waals surface area contributed by atoms with Gasteiger partial charge in [0.05, 0.1) is 145 Å². The first-order chi connectivity index (χ1) is 46.2. The first-order valence-corrected chi connectivity index (χ1v) is 34.6. The van der Waals surface area contributed by atoms with Crippen molar-refractivity contribution in [3.63, 3.8) is 0 Å². The number of phenols is 1. The van der Waals surface area contributed by atoms with Gasteiger partial charge in [-0.2, -0.15) is 11.8 Å². The third-order valence-corrected chi connectivity index (χ3v) is 19.0. The molecule has 2 bridgehead atoms. The highest BCUT2D eigenvalue weighted by Gasteiger charge is 2.45. The van der Waals surface area contributed by atoms with E-state index in [-0.39, 0.29) is 72.4 Å². The summed E-state index contributed by atoms with van der Waals surface area (Å²) in [5.74, 6) is -15.5. The molecule has 33 nitrogen and oxygen atoms in total. The van der Waals surface area contributed by atoms with Crippen LogP contribution in [0, 0.1) is 29.6 Å². The van der Waals surface area contributed by atoms with Gasteiger partial charge in [0.15, 0.2) is 11.6 Å². The molecule has 12 atom stereocenters. The number of nitrogens with zero attached hydrogens (tertiary/aromatic N) is 1. The molecule has 1 saturated heterocycles. The van der Waals surface area contributed by atoms with Gasteiger partial charge in [-0.3, -0.25) is 56.9 Å². The molecule has 4 heterocycles. The molecule has 1 fully saturated rings. The molecule has 3 unspecified atom stereocenters. The van der Waals surface area contributed by atoms with Crippen molar-refractivity contribution in [3.8, 4) is 5.75 Å². The minimum absolute atomic E-state index is 0.0681. The molecule has 5 rings (SSSR count). The fourth-order valence-electron chi connectivity index (χ4n) is 10.8. The summed E-state index contributed by atoms with van der Waals surface area (Å²) < 4.78 is 43.2. The van der Waals surface area contributed by atoms with E-state index >= 15 is 4.21 Å². The number of nitrogens with one attached hydrogen (secondary N) is 8. The van der Waals surface area contributed by atoms with E-state index < -0.39 is 206 Å². The molecule has 17 N–H and O–H groups in total. The fourth-order valence-corrected chi connectivity index (χ4v) is 13.1. The largest absolute Gasteiger partial charge is 0.508 e. The Morgan fingerprint density at radius 3 is 2.09 bits per heavy atom. The van der Waals surface area contributed by atoms with Crippen molar-refractivity contribution in [1.29, 1.82) is 0 Å². The summed E-state index contributed by atoms with van der Waals surface area (Å²) in [6, 6.07) is -4.18. The summed E-state index contributed by atoms with van der Waals surface area (Å²) in [6.45, 7) is 7.01. The Morgan fingerprint density at radius 2 is 1.46 bits per heavy atom.